The number of nitrogens with one attached hydrogen (secondary N) is 2. The maximum Gasteiger partial charge on any atom is 0.255 e. The first-order chi connectivity index (χ1) is 7.59. The Bertz CT molecular complexity index is 447. The lowest BCUT2D eigenvalue weighted by Gasteiger charge is -1.97. The van der Waals surface area contributed by atoms with E-state index in [2.05, 4.69) is 10.3 Å². The minimum atomic E-state index is -0.0959. The zero-order valence-corrected chi connectivity index (χ0v) is 9.54. The summed E-state index contributed by atoms with van der Waals surface area (Å²) < 4.78 is 0. The maximum absolute atomic E-state index is 11.4. The van der Waals surface area contributed by atoms with Gasteiger partial charge in [0.15, 0.2) is 0 Å². The highest BCUT2D eigenvalue weighted by Gasteiger charge is 1.94. The fourth-order valence-corrected chi connectivity index (χ4v) is 1.28. The van der Waals surface area contributed by atoms with Gasteiger partial charge >= 0.3 is 0 Å². The molecule has 0 aliphatic heterocycles. The van der Waals surface area contributed by atoms with Crippen LogP contribution < -0.4 is 10.9 Å². The first kappa shape index (κ1) is 12.2. The molecule has 86 valence electrons. The summed E-state index contributed by atoms with van der Waals surface area (Å²) in [5.74, 6) is -0.0400. The first-order valence-corrected chi connectivity index (χ1v) is 5.20. The molecule has 0 bridgehead atoms. The summed E-state index contributed by atoms with van der Waals surface area (Å²) in [6, 6.07) is 1.83. The summed E-state index contributed by atoms with van der Waals surface area (Å²) in [4.78, 5) is 24.6. The van der Waals surface area contributed by atoms with Gasteiger partial charge in [-0.3, -0.25) is 9.59 Å². The molecule has 4 heteroatoms. The molecule has 0 saturated heterocycles. The summed E-state index contributed by atoms with van der Waals surface area (Å²) >= 11 is 0. The molecule has 0 aliphatic carbocycles. The topological polar surface area (TPSA) is 62.0 Å². The van der Waals surface area contributed by atoms with Crippen molar-refractivity contribution in [1.29, 1.82) is 0 Å². The zero-order valence-electron chi connectivity index (χ0n) is 9.54. The molecule has 0 atom stereocenters. The highest BCUT2D eigenvalue weighted by Crippen LogP contribution is 1.99. The molecule has 0 radical (unpaired) electrons. The van der Waals surface area contributed by atoms with Crippen LogP contribution in [0.15, 0.2) is 23.1 Å². The van der Waals surface area contributed by atoms with Gasteiger partial charge in [-0.05, 0) is 25.0 Å². The largest absolute Gasteiger partial charge is 0.356 e. The van der Waals surface area contributed by atoms with E-state index in [0.717, 1.165) is 5.56 Å². The molecule has 0 fully saturated rings. The molecular weight excluding hydrogens is 204 g/mol. The molecule has 4 nitrogen and oxygen atoms in total. The van der Waals surface area contributed by atoms with Gasteiger partial charge < -0.3 is 10.3 Å². The van der Waals surface area contributed by atoms with Crippen LogP contribution in [0.2, 0.25) is 0 Å². The average Bonchev–Trinajstić information content (AvgIpc) is 2.22. The molecule has 0 aliphatic rings. The lowest BCUT2D eigenvalue weighted by molar-refractivity contribution is -0.118. The molecular formula is C12H16N2O2. The predicted molar refractivity (Wildman–Crippen MR) is 64.1 cm³/mol. The van der Waals surface area contributed by atoms with E-state index < -0.39 is 0 Å². The highest BCUT2D eigenvalue weighted by atomic mass is 16.1. The van der Waals surface area contributed by atoms with E-state index >= 15 is 0 Å². The third-order valence-corrected chi connectivity index (χ3v) is 2.06. The summed E-state index contributed by atoms with van der Waals surface area (Å²) in [6.45, 7) is 4.00. The Morgan fingerprint density at radius 3 is 3.00 bits per heavy atom. The summed E-state index contributed by atoms with van der Waals surface area (Å²) in [5.41, 5.74) is 1.56. The van der Waals surface area contributed by atoms with Crippen molar-refractivity contribution in [3.05, 3.63) is 39.8 Å². The van der Waals surface area contributed by atoms with E-state index in [1.807, 2.05) is 19.1 Å². The van der Waals surface area contributed by atoms with Crippen LogP contribution in [0.25, 0.3) is 6.08 Å². The Balaban J connectivity index is 2.53. The second kappa shape index (κ2) is 5.90. The Kier molecular flexibility index (Phi) is 4.51. The number of aryl methyl sites for hydroxylation is 1. The third-order valence-electron chi connectivity index (χ3n) is 2.06. The van der Waals surface area contributed by atoms with E-state index in [1.165, 1.54) is 6.92 Å². The van der Waals surface area contributed by atoms with Crippen LogP contribution in [0.4, 0.5) is 0 Å². The quantitative estimate of drug-likeness (QED) is 0.749. The van der Waals surface area contributed by atoms with Crippen molar-refractivity contribution in [1.82, 2.24) is 10.3 Å². The standard InChI is InChI=1S/C12H16N2O2/c1-9-7-11(12(16)14-8-9)5-3-4-6-13-10(2)15/h3,5,7-8H,4,6H2,1-2H3,(H,13,15)(H,14,16). The van der Waals surface area contributed by atoms with Crippen LogP contribution in [0, 0.1) is 6.92 Å². The molecule has 16 heavy (non-hydrogen) atoms. The number of aromatic nitrogens is 1. The van der Waals surface area contributed by atoms with Gasteiger partial charge in [0.05, 0.1) is 0 Å². The van der Waals surface area contributed by atoms with Crippen LogP contribution in [0.5, 0.6) is 0 Å². The van der Waals surface area contributed by atoms with E-state index in [9.17, 15) is 9.59 Å². The van der Waals surface area contributed by atoms with E-state index in [0.29, 0.717) is 18.5 Å². The number of aromatic amines is 1. The van der Waals surface area contributed by atoms with Crippen molar-refractivity contribution < 1.29 is 4.79 Å². The van der Waals surface area contributed by atoms with Gasteiger partial charge in [-0.15, -0.1) is 0 Å². The second-order valence-corrected chi connectivity index (χ2v) is 3.64. The SMILES string of the molecule is CC(=O)NCCC=Cc1cc(C)c[nH]c1=O. The van der Waals surface area contributed by atoms with Gasteiger partial charge in [0, 0.05) is 25.2 Å². The average molecular weight is 220 g/mol. The number of hydrogen-bond acceptors (Lipinski definition) is 2. The van der Waals surface area contributed by atoms with Gasteiger partial charge in [-0.2, -0.15) is 0 Å². The third kappa shape index (κ3) is 4.13. The van der Waals surface area contributed by atoms with Gasteiger partial charge in [0.1, 0.15) is 0 Å². The number of pyridine rings is 1. The van der Waals surface area contributed by atoms with Crippen LogP contribution in [-0.2, 0) is 4.79 Å². The van der Waals surface area contributed by atoms with E-state index in [4.69, 9.17) is 0 Å². The van der Waals surface area contributed by atoms with Gasteiger partial charge in [0.2, 0.25) is 5.91 Å². The monoisotopic (exact) mass is 220 g/mol. The molecule has 0 aromatic carbocycles. The molecule has 1 heterocycles. The summed E-state index contributed by atoms with van der Waals surface area (Å²) in [6.07, 6.45) is 6.04. The van der Waals surface area contributed by atoms with Crippen molar-refractivity contribution >= 4 is 12.0 Å². The van der Waals surface area contributed by atoms with Crippen LogP contribution >= 0.6 is 0 Å². The summed E-state index contributed by atoms with van der Waals surface area (Å²) in [7, 11) is 0. The fourth-order valence-electron chi connectivity index (χ4n) is 1.28. The van der Waals surface area contributed by atoms with E-state index in [-0.39, 0.29) is 11.5 Å². The Hall–Kier alpha value is -1.84. The van der Waals surface area contributed by atoms with Crippen molar-refractivity contribution in [3.63, 3.8) is 0 Å². The lowest BCUT2D eigenvalue weighted by atomic mass is 10.2. The van der Waals surface area contributed by atoms with Crippen LogP contribution in [-0.4, -0.2) is 17.4 Å². The zero-order chi connectivity index (χ0) is 12.0. The molecule has 2 N–H and O–H groups in total. The second-order valence-electron chi connectivity index (χ2n) is 3.64. The van der Waals surface area contributed by atoms with Crippen molar-refractivity contribution in [2.24, 2.45) is 0 Å². The Morgan fingerprint density at radius 2 is 2.31 bits per heavy atom. The Labute approximate surface area is 94.4 Å². The molecule has 1 aromatic heterocycles. The normalized spacial score (nSPS) is 10.6. The van der Waals surface area contributed by atoms with Crippen LogP contribution in [0.1, 0.15) is 24.5 Å². The fraction of sp³-hybridized carbons (Fsp3) is 0.333. The number of hydrogen-bond donors (Lipinski definition) is 2. The lowest BCUT2D eigenvalue weighted by Crippen LogP contribution is -2.20. The van der Waals surface area contributed by atoms with E-state index in [1.54, 1.807) is 12.3 Å². The molecule has 0 saturated carbocycles. The predicted octanol–water partition coefficient (Wildman–Crippen LogP) is 1.22. The number of amides is 1. The van der Waals surface area contributed by atoms with Crippen molar-refractivity contribution in [2.45, 2.75) is 20.3 Å². The Morgan fingerprint density at radius 1 is 1.56 bits per heavy atom. The minimum Gasteiger partial charge on any atom is -0.356 e. The van der Waals surface area contributed by atoms with Gasteiger partial charge in [0.25, 0.3) is 5.56 Å². The van der Waals surface area contributed by atoms with Gasteiger partial charge in [-0.25, -0.2) is 0 Å². The smallest absolute Gasteiger partial charge is 0.255 e. The van der Waals surface area contributed by atoms with Crippen molar-refractivity contribution in [2.75, 3.05) is 6.54 Å². The number of rotatable bonds is 4. The van der Waals surface area contributed by atoms with Gasteiger partial charge in [-0.1, -0.05) is 12.2 Å². The molecule has 1 amide bonds. The maximum atomic E-state index is 11.4. The molecule has 1 aromatic rings. The number of carbonyl (C=O) groups excluding carboxylic acids is 1. The molecule has 0 unspecified atom stereocenters. The minimum absolute atomic E-state index is 0.0400. The van der Waals surface area contributed by atoms with Crippen LogP contribution in [0.3, 0.4) is 0 Å². The van der Waals surface area contributed by atoms with Crippen molar-refractivity contribution in [3.8, 4) is 0 Å². The molecule has 1 rings (SSSR count). The molecule has 0 spiro atoms. The number of H-pyrrole nitrogens is 1. The summed E-state index contributed by atoms with van der Waals surface area (Å²) in [5, 5.41) is 2.68. The first-order valence-electron chi connectivity index (χ1n) is 5.20. The highest BCUT2D eigenvalue weighted by molar-refractivity contribution is 5.72. The number of carbonyl (C=O) groups is 1.